The van der Waals surface area contributed by atoms with Gasteiger partial charge in [0.1, 0.15) is 11.5 Å². The minimum atomic E-state index is -0.220. The lowest BCUT2D eigenvalue weighted by atomic mass is 10.0. The first-order valence-corrected chi connectivity index (χ1v) is 6.70. The number of esters is 1. The number of fused-ring (bicyclic) bond motifs is 2. The number of aryl methyl sites for hydroxylation is 2. The standard InChI is InChI=1S/C17H16O3/c1-19-17(18)11-12-6-9-16-14(10-12)8-7-13-4-2-3-5-15(13)20-16/h2-6,9-10H,7-8,11H2,1H3. The highest BCUT2D eigenvalue weighted by Crippen LogP contribution is 2.33. The number of hydrogen-bond acceptors (Lipinski definition) is 3. The molecule has 102 valence electrons. The molecule has 3 heteroatoms. The fourth-order valence-corrected chi connectivity index (χ4v) is 2.47. The molecule has 0 fully saturated rings. The van der Waals surface area contributed by atoms with Crippen LogP contribution in [0.5, 0.6) is 11.5 Å². The third-order valence-corrected chi connectivity index (χ3v) is 3.56. The van der Waals surface area contributed by atoms with Gasteiger partial charge in [0.25, 0.3) is 0 Å². The van der Waals surface area contributed by atoms with Crippen molar-refractivity contribution >= 4 is 5.97 Å². The van der Waals surface area contributed by atoms with Crippen LogP contribution in [0.2, 0.25) is 0 Å². The smallest absolute Gasteiger partial charge is 0.309 e. The molecule has 0 N–H and O–H groups in total. The minimum Gasteiger partial charge on any atom is -0.469 e. The number of rotatable bonds is 2. The summed E-state index contributed by atoms with van der Waals surface area (Å²) in [7, 11) is 1.41. The van der Waals surface area contributed by atoms with Crippen LogP contribution in [0.15, 0.2) is 42.5 Å². The number of carbonyl (C=O) groups excluding carboxylic acids is 1. The second-order valence-electron chi connectivity index (χ2n) is 4.90. The van der Waals surface area contributed by atoms with E-state index in [1.54, 1.807) is 0 Å². The molecular weight excluding hydrogens is 252 g/mol. The lowest BCUT2D eigenvalue weighted by Gasteiger charge is -2.09. The first kappa shape index (κ1) is 12.7. The normalized spacial score (nSPS) is 12.7. The Labute approximate surface area is 118 Å². The molecule has 0 spiro atoms. The van der Waals surface area contributed by atoms with E-state index in [2.05, 4.69) is 6.07 Å². The summed E-state index contributed by atoms with van der Waals surface area (Å²) >= 11 is 0. The largest absolute Gasteiger partial charge is 0.469 e. The highest BCUT2D eigenvalue weighted by atomic mass is 16.5. The Bertz CT molecular complexity index is 646. The van der Waals surface area contributed by atoms with Gasteiger partial charge in [-0.05, 0) is 41.7 Å². The summed E-state index contributed by atoms with van der Waals surface area (Å²) in [6.07, 6.45) is 2.17. The van der Waals surface area contributed by atoms with Crippen molar-refractivity contribution in [3.05, 3.63) is 59.2 Å². The van der Waals surface area contributed by atoms with Gasteiger partial charge in [0.2, 0.25) is 0 Å². The van der Waals surface area contributed by atoms with Crippen molar-refractivity contribution in [3.63, 3.8) is 0 Å². The Morgan fingerprint density at radius 1 is 1.10 bits per heavy atom. The van der Waals surface area contributed by atoms with Crippen molar-refractivity contribution in [2.24, 2.45) is 0 Å². The summed E-state index contributed by atoms with van der Waals surface area (Å²) < 4.78 is 10.7. The van der Waals surface area contributed by atoms with Crippen molar-refractivity contribution in [2.45, 2.75) is 19.3 Å². The average Bonchev–Trinajstić information content (AvgIpc) is 2.66. The first-order valence-electron chi connectivity index (χ1n) is 6.70. The van der Waals surface area contributed by atoms with Crippen molar-refractivity contribution in [1.82, 2.24) is 0 Å². The van der Waals surface area contributed by atoms with E-state index >= 15 is 0 Å². The summed E-state index contributed by atoms with van der Waals surface area (Å²) in [5.74, 6) is 1.58. The molecule has 0 saturated carbocycles. The van der Waals surface area contributed by atoms with Gasteiger partial charge >= 0.3 is 5.97 Å². The van der Waals surface area contributed by atoms with Crippen molar-refractivity contribution in [3.8, 4) is 11.5 Å². The van der Waals surface area contributed by atoms with E-state index in [4.69, 9.17) is 9.47 Å². The number of ether oxygens (including phenoxy) is 2. The Morgan fingerprint density at radius 2 is 1.85 bits per heavy atom. The van der Waals surface area contributed by atoms with Gasteiger partial charge in [-0.2, -0.15) is 0 Å². The molecule has 3 rings (SSSR count). The maximum absolute atomic E-state index is 11.3. The molecule has 20 heavy (non-hydrogen) atoms. The number of para-hydroxylation sites is 1. The topological polar surface area (TPSA) is 35.5 Å². The molecule has 0 amide bonds. The predicted octanol–water partition coefficient (Wildman–Crippen LogP) is 3.29. The van der Waals surface area contributed by atoms with Crippen LogP contribution in [0.3, 0.4) is 0 Å². The van der Waals surface area contributed by atoms with Gasteiger partial charge in [0.15, 0.2) is 0 Å². The Kier molecular flexibility index (Phi) is 3.42. The van der Waals surface area contributed by atoms with Gasteiger partial charge in [-0.1, -0.05) is 30.3 Å². The second kappa shape index (κ2) is 5.37. The van der Waals surface area contributed by atoms with E-state index in [1.165, 1.54) is 12.7 Å². The van der Waals surface area contributed by atoms with Crippen LogP contribution < -0.4 is 4.74 Å². The molecule has 0 bridgehead atoms. The van der Waals surface area contributed by atoms with E-state index in [-0.39, 0.29) is 5.97 Å². The van der Waals surface area contributed by atoms with Gasteiger partial charge in [-0.25, -0.2) is 0 Å². The Balaban J connectivity index is 1.89. The number of benzene rings is 2. The van der Waals surface area contributed by atoms with Crippen LogP contribution in [0.1, 0.15) is 16.7 Å². The van der Waals surface area contributed by atoms with E-state index in [1.807, 2.05) is 36.4 Å². The fraction of sp³-hybridized carbons (Fsp3) is 0.235. The van der Waals surface area contributed by atoms with Gasteiger partial charge in [0, 0.05) is 0 Å². The third kappa shape index (κ3) is 2.52. The zero-order valence-electron chi connectivity index (χ0n) is 11.4. The average molecular weight is 268 g/mol. The van der Waals surface area contributed by atoms with Crippen LogP contribution in [-0.2, 0) is 28.8 Å². The summed E-state index contributed by atoms with van der Waals surface area (Å²) in [5, 5.41) is 0. The highest BCUT2D eigenvalue weighted by molar-refractivity contribution is 5.72. The third-order valence-electron chi connectivity index (χ3n) is 3.56. The molecule has 0 radical (unpaired) electrons. The zero-order valence-corrected chi connectivity index (χ0v) is 11.4. The van der Waals surface area contributed by atoms with Gasteiger partial charge in [-0.15, -0.1) is 0 Å². The van der Waals surface area contributed by atoms with Crippen LogP contribution in [0.4, 0.5) is 0 Å². The fourth-order valence-electron chi connectivity index (χ4n) is 2.47. The first-order chi connectivity index (χ1) is 9.76. The quantitative estimate of drug-likeness (QED) is 0.784. The lowest BCUT2D eigenvalue weighted by Crippen LogP contribution is -2.05. The highest BCUT2D eigenvalue weighted by Gasteiger charge is 2.15. The molecule has 0 unspecified atom stereocenters. The van der Waals surface area contributed by atoms with Crippen LogP contribution >= 0.6 is 0 Å². The molecule has 0 aromatic heterocycles. The Morgan fingerprint density at radius 3 is 2.70 bits per heavy atom. The summed E-state index contributed by atoms with van der Waals surface area (Å²) in [4.78, 5) is 11.3. The molecule has 3 nitrogen and oxygen atoms in total. The van der Waals surface area contributed by atoms with Crippen LogP contribution in [0, 0.1) is 0 Å². The van der Waals surface area contributed by atoms with E-state index in [0.29, 0.717) is 6.42 Å². The number of hydrogen-bond donors (Lipinski definition) is 0. The molecule has 0 aliphatic carbocycles. The van der Waals surface area contributed by atoms with E-state index < -0.39 is 0 Å². The molecule has 1 aliphatic rings. The van der Waals surface area contributed by atoms with Crippen LogP contribution in [0.25, 0.3) is 0 Å². The predicted molar refractivity (Wildman–Crippen MR) is 76.1 cm³/mol. The molecule has 1 heterocycles. The minimum absolute atomic E-state index is 0.220. The number of carbonyl (C=O) groups is 1. The molecule has 2 aromatic rings. The van der Waals surface area contributed by atoms with Crippen molar-refractivity contribution < 1.29 is 14.3 Å². The maximum atomic E-state index is 11.3. The maximum Gasteiger partial charge on any atom is 0.309 e. The van der Waals surface area contributed by atoms with Crippen LogP contribution in [-0.4, -0.2) is 13.1 Å². The molecule has 0 saturated heterocycles. The van der Waals surface area contributed by atoms with Crippen molar-refractivity contribution in [1.29, 1.82) is 0 Å². The molecule has 0 atom stereocenters. The molecule has 2 aromatic carbocycles. The SMILES string of the molecule is COC(=O)Cc1ccc2c(c1)CCc1ccccc1O2. The van der Waals surface area contributed by atoms with Crippen molar-refractivity contribution in [2.75, 3.05) is 7.11 Å². The number of methoxy groups -OCH3 is 1. The monoisotopic (exact) mass is 268 g/mol. The second-order valence-corrected chi connectivity index (χ2v) is 4.90. The lowest BCUT2D eigenvalue weighted by molar-refractivity contribution is -0.139. The Hall–Kier alpha value is -2.29. The van der Waals surface area contributed by atoms with E-state index in [9.17, 15) is 4.79 Å². The molecular formula is C17H16O3. The van der Waals surface area contributed by atoms with Gasteiger partial charge in [-0.3, -0.25) is 4.79 Å². The summed E-state index contributed by atoms with van der Waals surface area (Å²) in [5.41, 5.74) is 3.32. The van der Waals surface area contributed by atoms with Gasteiger partial charge < -0.3 is 9.47 Å². The molecule has 1 aliphatic heterocycles. The summed E-state index contributed by atoms with van der Waals surface area (Å²) in [6, 6.07) is 14.0. The van der Waals surface area contributed by atoms with Gasteiger partial charge in [0.05, 0.1) is 13.5 Å². The zero-order chi connectivity index (χ0) is 13.9. The van der Waals surface area contributed by atoms with E-state index in [0.717, 1.165) is 35.5 Å². The summed E-state index contributed by atoms with van der Waals surface area (Å²) in [6.45, 7) is 0.